The number of epoxide rings is 1. The fourth-order valence-electron chi connectivity index (χ4n) is 2.23. The van der Waals surface area contributed by atoms with Crippen LogP contribution in [0.3, 0.4) is 0 Å². The number of nitrogens with one attached hydrogen (secondary N) is 2. The topological polar surface area (TPSA) is 128 Å². The largest absolute Gasteiger partial charge is 0.394 e. The number of Topliss-reactive ketones (excluding diaryl/α,β-unsaturated/α-hetero) is 1. The van der Waals surface area contributed by atoms with Crippen LogP contribution >= 0.6 is 0 Å². The molecule has 0 spiro atoms. The van der Waals surface area contributed by atoms with Crippen LogP contribution in [0.5, 0.6) is 0 Å². The lowest BCUT2D eigenvalue weighted by atomic mass is 9.94. The minimum Gasteiger partial charge on any atom is -0.394 e. The van der Waals surface area contributed by atoms with Gasteiger partial charge in [-0.25, -0.2) is 0 Å². The van der Waals surface area contributed by atoms with Gasteiger partial charge in [-0.2, -0.15) is 0 Å². The first kappa shape index (κ1) is 20.3. The normalized spacial score (nSPS) is 21.5. The number of aliphatic hydroxyl groups excluding tert-OH is 2. The number of hydrogen-bond acceptors (Lipinski definition) is 6. The summed E-state index contributed by atoms with van der Waals surface area (Å²) >= 11 is 0. The number of carbonyl (C=O) groups excluding carboxylic acids is 3. The average Bonchev–Trinajstić information content (AvgIpc) is 3.32. The van der Waals surface area contributed by atoms with Crippen molar-refractivity contribution in [1.82, 2.24) is 10.6 Å². The van der Waals surface area contributed by atoms with Gasteiger partial charge in [0, 0.05) is 6.42 Å². The quantitative estimate of drug-likeness (QED) is 0.283. The van der Waals surface area contributed by atoms with Gasteiger partial charge in [-0.15, -0.1) is 6.58 Å². The standard InChI is InChI=1S/C16H26N2O6/c1-4-5-13(21)17-12(7-19)15(23)18-11(6-10(2)3)14(22)16(8-20)9-24-16/h11-12,19-20H,2,4-9H2,1,3H3,(H,17,21)(H,18,23). The Hall–Kier alpha value is -1.77. The van der Waals surface area contributed by atoms with E-state index in [-0.39, 0.29) is 25.4 Å². The van der Waals surface area contributed by atoms with Gasteiger partial charge >= 0.3 is 0 Å². The van der Waals surface area contributed by atoms with Crippen molar-refractivity contribution in [2.75, 3.05) is 19.8 Å². The molecule has 4 N–H and O–H groups in total. The van der Waals surface area contributed by atoms with Crippen LogP contribution in [-0.4, -0.2) is 65.3 Å². The molecule has 8 nitrogen and oxygen atoms in total. The maximum absolute atomic E-state index is 12.5. The molecule has 1 heterocycles. The Morgan fingerprint density at radius 1 is 1.25 bits per heavy atom. The predicted octanol–water partition coefficient (Wildman–Crippen LogP) is -0.955. The summed E-state index contributed by atoms with van der Waals surface area (Å²) in [4.78, 5) is 36.3. The highest BCUT2D eigenvalue weighted by Gasteiger charge is 2.54. The molecule has 0 aliphatic carbocycles. The zero-order valence-electron chi connectivity index (χ0n) is 14.1. The lowest BCUT2D eigenvalue weighted by Gasteiger charge is -2.23. The van der Waals surface area contributed by atoms with Crippen molar-refractivity contribution < 1.29 is 29.3 Å². The third kappa shape index (κ3) is 5.40. The second kappa shape index (κ2) is 8.91. The van der Waals surface area contributed by atoms with Crippen molar-refractivity contribution in [2.24, 2.45) is 0 Å². The minimum atomic E-state index is -1.27. The van der Waals surface area contributed by atoms with Gasteiger partial charge in [0.25, 0.3) is 0 Å². The molecule has 24 heavy (non-hydrogen) atoms. The van der Waals surface area contributed by atoms with Crippen LogP contribution < -0.4 is 10.6 Å². The summed E-state index contributed by atoms with van der Waals surface area (Å²) in [5.41, 5.74) is -0.605. The molecule has 0 aromatic rings. The Labute approximate surface area is 141 Å². The number of ether oxygens (including phenoxy) is 1. The van der Waals surface area contributed by atoms with Gasteiger partial charge in [-0.05, 0) is 19.8 Å². The van der Waals surface area contributed by atoms with Crippen LogP contribution in [0.2, 0.25) is 0 Å². The third-order valence-electron chi connectivity index (χ3n) is 3.69. The predicted molar refractivity (Wildman–Crippen MR) is 86.1 cm³/mol. The van der Waals surface area contributed by atoms with Crippen LogP contribution in [0.15, 0.2) is 12.2 Å². The Morgan fingerprint density at radius 3 is 2.29 bits per heavy atom. The van der Waals surface area contributed by atoms with Gasteiger partial charge in [-0.1, -0.05) is 12.5 Å². The maximum Gasteiger partial charge on any atom is 0.245 e. The number of rotatable bonds is 11. The molecule has 136 valence electrons. The molecular formula is C16H26N2O6. The first-order valence-corrected chi connectivity index (χ1v) is 7.93. The summed E-state index contributed by atoms with van der Waals surface area (Å²) in [6, 6.07) is -2.09. The summed E-state index contributed by atoms with van der Waals surface area (Å²) < 4.78 is 5.03. The molecule has 0 aromatic carbocycles. The summed E-state index contributed by atoms with van der Waals surface area (Å²) in [5, 5.41) is 23.6. The molecule has 8 heteroatoms. The van der Waals surface area contributed by atoms with Crippen molar-refractivity contribution >= 4 is 17.6 Å². The highest BCUT2D eigenvalue weighted by molar-refractivity contribution is 5.98. The molecule has 0 saturated carbocycles. The Balaban J connectivity index is 2.77. The summed E-state index contributed by atoms with van der Waals surface area (Å²) in [7, 11) is 0. The molecule has 1 aliphatic rings. The number of ketones is 1. The van der Waals surface area contributed by atoms with E-state index >= 15 is 0 Å². The maximum atomic E-state index is 12.5. The molecule has 0 radical (unpaired) electrons. The van der Waals surface area contributed by atoms with Crippen molar-refractivity contribution in [3.05, 3.63) is 12.2 Å². The van der Waals surface area contributed by atoms with E-state index in [0.717, 1.165) is 0 Å². The lowest BCUT2D eigenvalue weighted by Crippen LogP contribution is -2.55. The smallest absolute Gasteiger partial charge is 0.245 e. The van der Waals surface area contributed by atoms with E-state index in [0.29, 0.717) is 12.0 Å². The lowest BCUT2D eigenvalue weighted by molar-refractivity contribution is -0.134. The first-order valence-electron chi connectivity index (χ1n) is 7.93. The molecule has 1 saturated heterocycles. The summed E-state index contributed by atoms with van der Waals surface area (Å²) in [6.45, 7) is 6.30. The highest BCUT2D eigenvalue weighted by Crippen LogP contribution is 2.29. The van der Waals surface area contributed by atoms with E-state index in [9.17, 15) is 24.6 Å². The zero-order valence-corrected chi connectivity index (χ0v) is 14.1. The van der Waals surface area contributed by atoms with E-state index < -0.39 is 42.6 Å². The van der Waals surface area contributed by atoms with Crippen molar-refractivity contribution in [2.45, 2.75) is 50.8 Å². The second-order valence-electron chi connectivity index (χ2n) is 6.08. The van der Waals surface area contributed by atoms with Crippen LogP contribution in [0.1, 0.15) is 33.1 Å². The van der Waals surface area contributed by atoms with Crippen LogP contribution in [0, 0.1) is 0 Å². The molecule has 0 bridgehead atoms. The Kier molecular flexibility index (Phi) is 7.53. The third-order valence-corrected chi connectivity index (χ3v) is 3.69. The van der Waals surface area contributed by atoms with Gasteiger partial charge in [0.05, 0.1) is 25.9 Å². The molecule has 3 unspecified atom stereocenters. The molecule has 2 amide bonds. The van der Waals surface area contributed by atoms with Crippen LogP contribution in [-0.2, 0) is 19.1 Å². The second-order valence-corrected chi connectivity index (χ2v) is 6.08. The van der Waals surface area contributed by atoms with Gasteiger partial charge < -0.3 is 25.6 Å². The number of aliphatic hydroxyl groups is 2. The van der Waals surface area contributed by atoms with Crippen molar-refractivity contribution in [3.8, 4) is 0 Å². The summed E-state index contributed by atoms with van der Waals surface area (Å²) in [6.07, 6.45) is 1.02. The van der Waals surface area contributed by atoms with Crippen LogP contribution in [0.25, 0.3) is 0 Å². The van der Waals surface area contributed by atoms with Gasteiger partial charge in [0.2, 0.25) is 11.8 Å². The Bertz CT molecular complexity index is 501. The first-order chi connectivity index (χ1) is 11.3. The monoisotopic (exact) mass is 342 g/mol. The van der Waals surface area contributed by atoms with E-state index in [1.807, 2.05) is 6.92 Å². The molecular weight excluding hydrogens is 316 g/mol. The minimum absolute atomic E-state index is 0.0988. The molecule has 3 atom stereocenters. The number of hydrogen-bond donors (Lipinski definition) is 4. The summed E-state index contributed by atoms with van der Waals surface area (Å²) in [5.74, 6) is -1.47. The molecule has 1 fully saturated rings. The van der Waals surface area contributed by atoms with E-state index in [2.05, 4.69) is 17.2 Å². The van der Waals surface area contributed by atoms with E-state index in [4.69, 9.17) is 4.74 Å². The van der Waals surface area contributed by atoms with Crippen molar-refractivity contribution in [1.29, 1.82) is 0 Å². The van der Waals surface area contributed by atoms with Crippen LogP contribution in [0.4, 0.5) is 0 Å². The van der Waals surface area contributed by atoms with Crippen molar-refractivity contribution in [3.63, 3.8) is 0 Å². The average molecular weight is 342 g/mol. The molecule has 1 rings (SSSR count). The number of carbonyl (C=O) groups is 3. The number of amides is 2. The fraction of sp³-hybridized carbons (Fsp3) is 0.688. The van der Waals surface area contributed by atoms with Gasteiger partial charge in [0.1, 0.15) is 6.04 Å². The van der Waals surface area contributed by atoms with Gasteiger partial charge in [-0.3, -0.25) is 14.4 Å². The molecule has 1 aliphatic heterocycles. The van der Waals surface area contributed by atoms with Gasteiger partial charge in [0.15, 0.2) is 11.4 Å². The zero-order chi connectivity index (χ0) is 18.3. The Morgan fingerprint density at radius 2 is 1.88 bits per heavy atom. The fourth-order valence-corrected chi connectivity index (χ4v) is 2.23. The SMILES string of the molecule is C=C(C)CC(NC(=O)C(CO)NC(=O)CCC)C(=O)C1(CO)CO1. The molecule has 0 aromatic heterocycles. The van der Waals surface area contributed by atoms with E-state index in [1.165, 1.54) is 0 Å². The van der Waals surface area contributed by atoms with E-state index in [1.54, 1.807) is 6.92 Å². The highest BCUT2D eigenvalue weighted by atomic mass is 16.6.